The number of benzene rings is 2. The Balaban J connectivity index is 1.39. The number of phenolic OH excluding ortho intramolecular Hbond substituents is 1. The maximum atomic E-state index is 13.1. The van der Waals surface area contributed by atoms with E-state index in [2.05, 4.69) is 10.2 Å². The summed E-state index contributed by atoms with van der Waals surface area (Å²) in [6, 6.07) is 11.6. The van der Waals surface area contributed by atoms with E-state index in [9.17, 15) is 27.9 Å². The molecule has 5 rings (SSSR count). The first-order valence-electron chi connectivity index (χ1n) is 13.9. The minimum atomic E-state index is -4.46. The average Bonchev–Trinajstić information content (AvgIpc) is 3.71. The lowest BCUT2D eigenvalue weighted by atomic mass is 9.55. The Morgan fingerprint density at radius 2 is 1.90 bits per heavy atom. The van der Waals surface area contributed by atoms with Gasteiger partial charge in [0.05, 0.1) is 5.56 Å². The van der Waals surface area contributed by atoms with Gasteiger partial charge in [0.2, 0.25) is 5.91 Å². The van der Waals surface area contributed by atoms with Gasteiger partial charge in [0.15, 0.2) is 0 Å². The number of carbonyl (C=O) groups excluding carboxylic acids is 2. The van der Waals surface area contributed by atoms with E-state index in [4.69, 9.17) is 4.74 Å². The van der Waals surface area contributed by atoms with Crippen molar-refractivity contribution in [2.45, 2.75) is 68.7 Å². The summed E-state index contributed by atoms with van der Waals surface area (Å²) in [5.74, 6) is 0.0463. The molecule has 1 saturated heterocycles. The van der Waals surface area contributed by atoms with E-state index in [0.29, 0.717) is 38.1 Å². The standard InChI is InChI=1S/C31H35F3N2O4/c1-21(37)40-30-13-12-26(35-28(39)11-10-22-4-2-6-25(16-22)31(32,33)34)18-29(30,24-5-3-7-27(38)17-24)14-15-36(20-30)19-23-8-9-23/h2-7,10-11,16-17,23,26,38H,8-9,12-15,18-20H2,1H3,(H,35,39). The lowest BCUT2D eigenvalue weighted by Crippen LogP contribution is -2.68. The van der Waals surface area contributed by atoms with E-state index in [1.807, 2.05) is 6.07 Å². The second-order valence-corrected chi connectivity index (χ2v) is 11.6. The van der Waals surface area contributed by atoms with Gasteiger partial charge in [0.25, 0.3) is 0 Å². The van der Waals surface area contributed by atoms with Gasteiger partial charge in [-0.05, 0) is 92.5 Å². The SMILES string of the molecule is CC(=O)OC12CCC(NC(=O)C=Cc3cccc(C(F)(F)F)c3)CC1(c1cccc(O)c1)CCN(CC1CC1)C2. The third kappa shape index (κ3) is 6.04. The number of halogens is 3. The second kappa shape index (κ2) is 10.9. The molecular weight excluding hydrogens is 521 g/mol. The van der Waals surface area contributed by atoms with E-state index in [1.54, 1.807) is 18.2 Å². The number of hydrogen-bond donors (Lipinski definition) is 2. The number of nitrogens with one attached hydrogen (secondary N) is 1. The number of likely N-dealkylation sites (tertiary alicyclic amines) is 1. The van der Waals surface area contributed by atoms with Crippen LogP contribution in [0.3, 0.4) is 0 Å². The Labute approximate surface area is 232 Å². The summed E-state index contributed by atoms with van der Waals surface area (Å²) in [6.07, 6.45) is 2.92. The number of amides is 1. The van der Waals surface area contributed by atoms with Crippen LogP contribution in [0.2, 0.25) is 0 Å². The number of piperidine rings is 1. The molecule has 3 atom stereocenters. The summed E-state index contributed by atoms with van der Waals surface area (Å²) >= 11 is 0. The highest BCUT2D eigenvalue weighted by Gasteiger charge is 2.61. The van der Waals surface area contributed by atoms with Crippen LogP contribution in [0, 0.1) is 5.92 Å². The first-order chi connectivity index (χ1) is 19.0. The Morgan fingerprint density at radius 1 is 1.12 bits per heavy atom. The molecule has 2 saturated carbocycles. The number of rotatable bonds is 7. The third-order valence-electron chi connectivity index (χ3n) is 8.64. The fraction of sp³-hybridized carbons (Fsp3) is 0.484. The Kier molecular flexibility index (Phi) is 7.70. The number of nitrogens with zero attached hydrogens (tertiary/aromatic N) is 1. The summed E-state index contributed by atoms with van der Waals surface area (Å²) in [5, 5.41) is 13.4. The molecule has 1 aliphatic heterocycles. The van der Waals surface area contributed by atoms with Gasteiger partial charge in [0.1, 0.15) is 11.4 Å². The molecular formula is C31H35F3N2O4. The molecule has 3 fully saturated rings. The van der Waals surface area contributed by atoms with Gasteiger partial charge in [0, 0.05) is 37.5 Å². The molecule has 0 bridgehead atoms. The monoisotopic (exact) mass is 556 g/mol. The Bertz CT molecular complexity index is 1290. The Morgan fingerprint density at radius 3 is 2.60 bits per heavy atom. The van der Waals surface area contributed by atoms with Gasteiger partial charge >= 0.3 is 12.1 Å². The van der Waals surface area contributed by atoms with Crippen LogP contribution in [-0.4, -0.2) is 53.2 Å². The van der Waals surface area contributed by atoms with E-state index >= 15 is 0 Å². The molecule has 1 heterocycles. The summed E-state index contributed by atoms with van der Waals surface area (Å²) in [4.78, 5) is 27.8. The van der Waals surface area contributed by atoms with E-state index in [-0.39, 0.29) is 23.3 Å². The molecule has 214 valence electrons. The van der Waals surface area contributed by atoms with Crippen LogP contribution in [0.1, 0.15) is 62.1 Å². The van der Waals surface area contributed by atoms with Crippen molar-refractivity contribution >= 4 is 18.0 Å². The largest absolute Gasteiger partial charge is 0.508 e. The molecule has 2 N–H and O–H groups in total. The van der Waals surface area contributed by atoms with Crippen LogP contribution in [0.25, 0.3) is 6.08 Å². The lowest BCUT2D eigenvalue weighted by Gasteiger charge is -2.59. The molecule has 40 heavy (non-hydrogen) atoms. The minimum Gasteiger partial charge on any atom is -0.508 e. The predicted octanol–water partition coefficient (Wildman–Crippen LogP) is 5.45. The van der Waals surface area contributed by atoms with Crippen molar-refractivity contribution in [3.8, 4) is 5.75 Å². The van der Waals surface area contributed by atoms with Gasteiger partial charge < -0.3 is 15.2 Å². The number of aromatic hydroxyl groups is 1. The summed E-state index contributed by atoms with van der Waals surface area (Å²) in [6.45, 7) is 3.80. The van der Waals surface area contributed by atoms with E-state index in [0.717, 1.165) is 30.8 Å². The maximum Gasteiger partial charge on any atom is 0.416 e. The highest BCUT2D eigenvalue weighted by Crippen LogP contribution is 2.54. The van der Waals surface area contributed by atoms with E-state index < -0.39 is 28.7 Å². The van der Waals surface area contributed by atoms with Crippen molar-refractivity contribution in [3.05, 3.63) is 71.3 Å². The maximum absolute atomic E-state index is 13.1. The van der Waals surface area contributed by atoms with Crippen LogP contribution in [0.15, 0.2) is 54.6 Å². The molecule has 3 unspecified atom stereocenters. The number of ether oxygens (including phenoxy) is 1. The zero-order valence-electron chi connectivity index (χ0n) is 22.5. The number of esters is 1. The topological polar surface area (TPSA) is 78.9 Å². The van der Waals surface area contributed by atoms with Crippen molar-refractivity contribution in [2.24, 2.45) is 5.92 Å². The molecule has 2 aliphatic carbocycles. The van der Waals surface area contributed by atoms with Crippen LogP contribution in [0.5, 0.6) is 5.75 Å². The third-order valence-corrected chi connectivity index (χ3v) is 8.64. The molecule has 2 aromatic carbocycles. The number of carbonyl (C=O) groups is 2. The first kappa shape index (κ1) is 28.2. The number of alkyl halides is 3. The predicted molar refractivity (Wildman–Crippen MR) is 144 cm³/mol. The van der Waals surface area contributed by atoms with Crippen LogP contribution < -0.4 is 5.32 Å². The first-order valence-corrected chi connectivity index (χ1v) is 13.9. The van der Waals surface area contributed by atoms with Crippen LogP contribution in [-0.2, 0) is 25.9 Å². The molecule has 0 aromatic heterocycles. The van der Waals surface area contributed by atoms with Crippen LogP contribution in [0.4, 0.5) is 13.2 Å². The molecule has 9 heteroatoms. The van der Waals surface area contributed by atoms with Gasteiger partial charge in [-0.15, -0.1) is 0 Å². The smallest absolute Gasteiger partial charge is 0.416 e. The van der Waals surface area contributed by atoms with Crippen molar-refractivity contribution in [3.63, 3.8) is 0 Å². The second-order valence-electron chi connectivity index (χ2n) is 11.6. The number of fused-ring (bicyclic) bond motifs is 1. The van der Waals surface area contributed by atoms with Gasteiger partial charge in [-0.2, -0.15) is 13.2 Å². The van der Waals surface area contributed by atoms with Crippen molar-refractivity contribution in [1.29, 1.82) is 0 Å². The minimum absolute atomic E-state index is 0.124. The van der Waals surface area contributed by atoms with Crippen molar-refractivity contribution in [1.82, 2.24) is 10.2 Å². The quantitative estimate of drug-likeness (QED) is 0.350. The summed E-state index contributed by atoms with van der Waals surface area (Å²) < 4.78 is 45.4. The fourth-order valence-corrected chi connectivity index (χ4v) is 6.67. The van der Waals surface area contributed by atoms with Gasteiger partial charge in [-0.1, -0.05) is 24.3 Å². The highest BCUT2D eigenvalue weighted by molar-refractivity contribution is 5.92. The van der Waals surface area contributed by atoms with Crippen LogP contribution >= 0.6 is 0 Å². The number of hydrogen-bond acceptors (Lipinski definition) is 5. The molecule has 1 amide bonds. The molecule has 2 aromatic rings. The molecule has 0 radical (unpaired) electrons. The molecule has 3 aliphatic rings. The summed E-state index contributed by atoms with van der Waals surface area (Å²) in [5.41, 5.74) is -1.06. The van der Waals surface area contributed by atoms with Crippen molar-refractivity contribution in [2.75, 3.05) is 19.6 Å². The normalized spacial score (nSPS) is 27.2. The Hall–Kier alpha value is -3.33. The average molecular weight is 557 g/mol. The fourth-order valence-electron chi connectivity index (χ4n) is 6.67. The van der Waals surface area contributed by atoms with Gasteiger partial charge in [-0.3, -0.25) is 14.5 Å². The van der Waals surface area contributed by atoms with Crippen molar-refractivity contribution < 1.29 is 32.6 Å². The molecule has 0 spiro atoms. The summed E-state index contributed by atoms with van der Waals surface area (Å²) in [7, 11) is 0. The molecule has 6 nitrogen and oxygen atoms in total. The highest BCUT2D eigenvalue weighted by atomic mass is 19.4. The zero-order valence-corrected chi connectivity index (χ0v) is 22.5. The van der Waals surface area contributed by atoms with E-state index in [1.165, 1.54) is 44.1 Å². The zero-order chi connectivity index (χ0) is 28.5. The number of phenols is 1. The lowest BCUT2D eigenvalue weighted by molar-refractivity contribution is -0.187. The van der Waals surface area contributed by atoms with Gasteiger partial charge in [-0.25, -0.2) is 0 Å².